The predicted molar refractivity (Wildman–Crippen MR) is 44.7 cm³/mol. The fourth-order valence-electron chi connectivity index (χ4n) is 1.03. The standard InChI is InChI=1S/C8H4O3.Ca.2H/c9-7-5-3-1-2-4-6(5)8(10)11-7;;;/h1-4H;;;. The Morgan fingerprint density at radius 3 is 1.75 bits per heavy atom. The van der Waals surface area contributed by atoms with Crippen LogP contribution in [0.3, 0.4) is 0 Å². The fourth-order valence-corrected chi connectivity index (χ4v) is 1.03. The van der Waals surface area contributed by atoms with Crippen LogP contribution in [-0.2, 0) is 4.74 Å². The summed E-state index contributed by atoms with van der Waals surface area (Å²) >= 11 is 0. The molecule has 58 valence electrons. The third-order valence-electron chi connectivity index (χ3n) is 1.55. The second-order valence-electron chi connectivity index (χ2n) is 2.22. The average molecular weight is 190 g/mol. The van der Waals surface area contributed by atoms with E-state index in [9.17, 15) is 9.59 Å². The van der Waals surface area contributed by atoms with Crippen LogP contribution in [0.2, 0.25) is 0 Å². The van der Waals surface area contributed by atoms with Crippen LogP contribution in [0.5, 0.6) is 0 Å². The molecule has 1 aliphatic rings. The number of carbonyl (C=O) groups is 2. The molecule has 1 heterocycles. The molecular formula is C8H6CaO3. The molecule has 2 rings (SSSR count). The van der Waals surface area contributed by atoms with Gasteiger partial charge in [-0.05, 0) is 12.1 Å². The van der Waals surface area contributed by atoms with Gasteiger partial charge in [0.15, 0.2) is 0 Å². The van der Waals surface area contributed by atoms with E-state index < -0.39 is 11.9 Å². The maximum atomic E-state index is 10.8. The van der Waals surface area contributed by atoms with Crippen molar-refractivity contribution in [3.63, 3.8) is 0 Å². The molecule has 0 N–H and O–H groups in total. The van der Waals surface area contributed by atoms with E-state index in [1.165, 1.54) is 0 Å². The zero-order valence-electron chi connectivity index (χ0n) is 5.53. The van der Waals surface area contributed by atoms with Crippen LogP contribution >= 0.6 is 0 Å². The summed E-state index contributed by atoms with van der Waals surface area (Å²) in [5.41, 5.74) is 0.718. The summed E-state index contributed by atoms with van der Waals surface area (Å²) in [5.74, 6) is -1.10. The van der Waals surface area contributed by atoms with E-state index in [-0.39, 0.29) is 37.7 Å². The number of carbonyl (C=O) groups excluding carboxylic acids is 2. The summed E-state index contributed by atoms with van der Waals surface area (Å²) in [6.45, 7) is 0. The third-order valence-corrected chi connectivity index (χ3v) is 1.55. The minimum absolute atomic E-state index is 0. The molecule has 0 spiro atoms. The van der Waals surface area contributed by atoms with Crippen LogP contribution in [0.25, 0.3) is 0 Å². The van der Waals surface area contributed by atoms with Crippen LogP contribution < -0.4 is 0 Å². The molecule has 0 saturated carbocycles. The van der Waals surface area contributed by atoms with Gasteiger partial charge in [-0.2, -0.15) is 0 Å². The van der Waals surface area contributed by atoms with Crippen molar-refractivity contribution in [1.29, 1.82) is 0 Å². The van der Waals surface area contributed by atoms with Gasteiger partial charge in [-0.15, -0.1) is 0 Å². The van der Waals surface area contributed by atoms with Crippen molar-refractivity contribution in [2.75, 3.05) is 0 Å². The first kappa shape index (κ1) is 9.71. The summed E-state index contributed by atoms with van der Waals surface area (Å²) in [5, 5.41) is 0. The summed E-state index contributed by atoms with van der Waals surface area (Å²) in [6, 6.07) is 6.53. The van der Waals surface area contributed by atoms with Crippen LogP contribution in [0.15, 0.2) is 24.3 Å². The quantitative estimate of drug-likeness (QED) is 0.330. The second-order valence-corrected chi connectivity index (χ2v) is 2.22. The number of hydrogen-bond acceptors (Lipinski definition) is 3. The Labute approximate surface area is 98.7 Å². The van der Waals surface area contributed by atoms with Crippen molar-refractivity contribution in [3.05, 3.63) is 35.4 Å². The SMILES string of the molecule is O=C1OC(=O)c2ccccc21.[CaH2]. The van der Waals surface area contributed by atoms with Gasteiger partial charge in [-0.1, -0.05) is 12.1 Å². The molecule has 1 aromatic carbocycles. The normalized spacial score (nSPS) is 13.3. The van der Waals surface area contributed by atoms with E-state index >= 15 is 0 Å². The molecule has 0 unspecified atom stereocenters. The van der Waals surface area contributed by atoms with Crippen molar-refractivity contribution < 1.29 is 14.3 Å². The zero-order chi connectivity index (χ0) is 7.84. The summed E-state index contributed by atoms with van der Waals surface area (Å²) < 4.78 is 4.35. The van der Waals surface area contributed by atoms with E-state index in [1.807, 2.05) is 0 Å². The van der Waals surface area contributed by atoms with Gasteiger partial charge in [-0.3, -0.25) is 0 Å². The molecule has 4 heteroatoms. The Balaban J connectivity index is 0.000000720. The topological polar surface area (TPSA) is 43.4 Å². The second kappa shape index (κ2) is 3.56. The van der Waals surface area contributed by atoms with Gasteiger partial charge in [0.25, 0.3) is 0 Å². The molecule has 0 bridgehead atoms. The first-order valence-corrected chi connectivity index (χ1v) is 3.14. The predicted octanol–water partition coefficient (Wildman–Crippen LogP) is 0.0810. The summed E-state index contributed by atoms with van der Waals surface area (Å²) in [6.07, 6.45) is 0. The molecule has 1 aromatic rings. The van der Waals surface area contributed by atoms with Gasteiger partial charge < -0.3 is 4.74 Å². The molecule has 0 aromatic heterocycles. The first-order chi connectivity index (χ1) is 5.29. The number of ether oxygens (including phenoxy) is 1. The van der Waals surface area contributed by atoms with Gasteiger partial charge in [0.2, 0.25) is 0 Å². The first-order valence-electron chi connectivity index (χ1n) is 3.14. The van der Waals surface area contributed by atoms with E-state index in [2.05, 4.69) is 4.74 Å². The number of benzene rings is 1. The monoisotopic (exact) mass is 190 g/mol. The Hall–Kier alpha value is -0.380. The Morgan fingerprint density at radius 2 is 1.33 bits per heavy atom. The van der Waals surface area contributed by atoms with Crippen LogP contribution in [-0.4, -0.2) is 49.7 Å². The van der Waals surface area contributed by atoms with Crippen molar-refractivity contribution in [2.24, 2.45) is 0 Å². The molecule has 0 atom stereocenters. The molecular weight excluding hydrogens is 184 g/mol. The van der Waals surface area contributed by atoms with Gasteiger partial charge in [0, 0.05) is 0 Å². The van der Waals surface area contributed by atoms with Crippen LogP contribution in [0.1, 0.15) is 20.7 Å². The van der Waals surface area contributed by atoms with Gasteiger partial charge in [0.1, 0.15) is 0 Å². The number of cyclic esters (lactones) is 2. The van der Waals surface area contributed by atoms with Crippen LogP contribution in [0.4, 0.5) is 0 Å². The zero-order valence-corrected chi connectivity index (χ0v) is 5.53. The Bertz CT molecular complexity index is 313. The Morgan fingerprint density at radius 1 is 0.917 bits per heavy atom. The number of hydrogen-bond donors (Lipinski definition) is 0. The number of esters is 2. The molecule has 0 fully saturated rings. The minimum atomic E-state index is -0.550. The molecule has 12 heavy (non-hydrogen) atoms. The molecule has 3 nitrogen and oxygen atoms in total. The van der Waals surface area contributed by atoms with Gasteiger partial charge in [-0.25, -0.2) is 9.59 Å². The van der Waals surface area contributed by atoms with E-state index in [0.717, 1.165) is 0 Å². The molecule has 0 amide bonds. The Kier molecular flexibility index (Phi) is 2.88. The van der Waals surface area contributed by atoms with Gasteiger partial charge in [0.05, 0.1) is 11.1 Å². The third kappa shape index (κ3) is 1.40. The molecule has 0 aliphatic carbocycles. The number of rotatable bonds is 0. The molecule has 0 radical (unpaired) electrons. The summed E-state index contributed by atoms with van der Waals surface area (Å²) in [7, 11) is 0. The van der Waals surface area contributed by atoms with E-state index in [0.29, 0.717) is 11.1 Å². The van der Waals surface area contributed by atoms with Crippen molar-refractivity contribution in [3.8, 4) is 0 Å². The molecule has 0 saturated heterocycles. The van der Waals surface area contributed by atoms with Crippen molar-refractivity contribution >= 4 is 49.7 Å². The van der Waals surface area contributed by atoms with E-state index in [4.69, 9.17) is 0 Å². The van der Waals surface area contributed by atoms with Crippen molar-refractivity contribution in [1.82, 2.24) is 0 Å². The van der Waals surface area contributed by atoms with Gasteiger partial charge >= 0.3 is 49.7 Å². The van der Waals surface area contributed by atoms with E-state index in [1.54, 1.807) is 24.3 Å². The number of fused-ring (bicyclic) bond motifs is 1. The fraction of sp³-hybridized carbons (Fsp3) is 0. The van der Waals surface area contributed by atoms with Crippen LogP contribution in [0, 0.1) is 0 Å². The maximum absolute atomic E-state index is 10.8. The average Bonchev–Trinajstić information content (AvgIpc) is 2.30. The molecule has 1 aliphatic heterocycles. The summed E-state index contributed by atoms with van der Waals surface area (Å²) in [4.78, 5) is 21.7. The van der Waals surface area contributed by atoms with Crippen molar-refractivity contribution in [2.45, 2.75) is 0 Å².